The van der Waals surface area contributed by atoms with Gasteiger partial charge < -0.3 is 30.9 Å². The molecule has 8 nitrogen and oxygen atoms in total. The molecule has 214 valence electrons. The highest BCUT2D eigenvalue weighted by Crippen LogP contribution is 2.32. The van der Waals surface area contributed by atoms with Gasteiger partial charge in [0.1, 0.15) is 0 Å². The summed E-state index contributed by atoms with van der Waals surface area (Å²) in [5.41, 5.74) is 11.1. The minimum absolute atomic E-state index is 0.0157. The summed E-state index contributed by atoms with van der Waals surface area (Å²) < 4.78 is 12.1. The lowest BCUT2D eigenvalue weighted by atomic mass is 9.93. The number of rotatable bonds is 10. The van der Waals surface area contributed by atoms with Gasteiger partial charge in [-0.15, -0.1) is 0 Å². The van der Waals surface area contributed by atoms with Gasteiger partial charge in [0, 0.05) is 24.4 Å². The van der Waals surface area contributed by atoms with Gasteiger partial charge in [-0.1, -0.05) is 78.9 Å². The summed E-state index contributed by atoms with van der Waals surface area (Å²) in [6.07, 6.45) is 1.78. The molecule has 42 heavy (non-hydrogen) atoms. The topological polar surface area (TPSA) is 123 Å². The normalized spacial score (nSPS) is 16.2. The standard InChI is InChI=1S/C34H33N3O5/c35-29-8-4-5-9-30(29)37-33(39)27-16-14-23(15-17-27)20-36-34(40)31-18-28(26-6-2-1-3-7-26)19-32(42-31)41-22-25-12-10-24(21-38)11-13-25/h1-18,28,32,38H,19-22,35H2,(H,36,40)(H,37,39)/t28-,32+/m0/s1. The predicted molar refractivity (Wildman–Crippen MR) is 161 cm³/mol. The molecule has 0 aromatic heterocycles. The van der Waals surface area contributed by atoms with Crippen LogP contribution < -0.4 is 16.4 Å². The van der Waals surface area contributed by atoms with Gasteiger partial charge in [0.05, 0.1) is 24.6 Å². The summed E-state index contributed by atoms with van der Waals surface area (Å²) in [6.45, 7) is 0.549. The van der Waals surface area contributed by atoms with Gasteiger partial charge >= 0.3 is 0 Å². The van der Waals surface area contributed by atoms with Crippen molar-refractivity contribution in [3.63, 3.8) is 0 Å². The maximum Gasteiger partial charge on any atom is 0.286 e. The smallest absolute Gasteiger partial charge is 0.286 e. The number of carbonyl (C=O) groups excluding carboxylic acids is 2. The van der Waals surface area contributed by atoms with Crippen LogP contribution in [0.2, 0.25) is 0 Å². The van der Waals surface area contributed by atoms with E-state index in [9.17, 15) is 14.7 Å². The minimum Gasteiger partial charge on any atom is -0.459 e. The maximum absolute atomic E-state index is 13.2. The lowest BCUT2D eigenvalue weighted by molar-refractivity contribution is -0.150. The summed E-state index contributed by atoms with van der Waals surface area (Å²) in [5.74, 6) is -0.476. The van der Waals surface area contributed by atoms with E-state index < -0.39 is 6.29 Å². The Labute approximate surface area is 244 Å². The van der Waals surface area contributed by atoms with Gasteiger partial charge in [-0.05, 0) is 52.6 Å². The Kier molecular flexibility index (Phi) is 9.28. The van der Waals surface area contributed by atoms with E-state index in [-0.39, 0.29) is 36.6 Å². The monoisotopic (exact) mass is 563 g/mol. The van der Waals surface area contributed by atoms with E-state index in [4.69, 9.17) is 15.2 Å². The first-order chi connectivity index (χ1) is 20.5. The van der Waals surface area contributed by atoms with Crippen LogP contribution in [0.4, 0.5) is 11.4 Å². The zero-order chi connectivity index (χ0) is 29.3. The molecule has 8 heteroatoms. The third-order valence-corrected chi connectivity index (χ3v) is 7.03. The molecule has 2 atom stereocenters. The lowest BCUT2D eigenvalue weighted by Crippen LogP contribution is -2.32. The average Bonchev–Trinajstić information content (AvgIpc) is 3.04. The number of hydrogen-bond donors (Lipinski definition) is 4. The second-order valence-corrected chi connectivity index (χ2v) is 10.0. The molecule has 1 aliphatic heterocycles. The van der Waals surface area contributed by atoms with Crippen LogP contribution in [0.25, 0.3) is 0 Å². The van der Waals surface area contributed by atoms with Crippen LogP contribution in [0.1, 0.15) is 45.0 Å². The van der Waals surface area contributed by atoms with Crippen LogP contribution in [0.5, 0.6) is 0 Å². The molecule has 0 radical (unpaired) electrons. The van der Waals surface area contributed by atoms with Crippen molar-refractivity contribution in [3.8, 4) is 0 Å². The number of hydrogen-bond acceptors (Lipinski definition) is 6. The first kappa shape index (κ1) is 28.6. The summed E-state index contributed by atoms with van der Waals surface area (Å²) >= 11 is 0. The van der Waals surface area contributed by atoms with Crippen LogP contribution in [0, 0.1) is 0 Å². The Balaban J connectivity index is 1.21. The third kappa shape index (κ3) is 7.42. The van der Waals surface area contributed by atoms with Crippen LogP contribution in [0.3, 0.4) is 0 Å². The Morgan fingerprint density at radius 1 is 0.833 bits per heavy atom. The second-order valence-electron chi connectivity index (χ2n) is 10.0. The number of nitrogens with two attached hydrogens (primary N) is 1. The lowest BCUT2D eigenvalue weighted by Gasteiger charge is -2.29. The fraction of sp³-hybridized carbons (Fsp3) is 0.176. The number of benzene rings is 4. The number of nitrogen functional groups attached to an aromatic ring is 1. The summed E-state index contributed by atoms with van der Waals surface area (Å²) in [4.78, 5) is 25.8. The molecular weight excluding hydrogens is 530 g/mol. The van der Waals surface area contributed by atoms with Gasteiger partial charge in [0.25, 0.3) is 11.8 Å². The number of nitrogens with one attached hydrogen (secondary N) is 2. The van der Waals surface area contributed by atoms with E-state index in [0.717, 1.165) is 22.3 Å². The number of aliphatic hydroxyl groups is 1. The zero-order valence-electron chi connectivity index (χ0n) is 23.0. The van der Waals surface area contributed by atoms with E-state index in [1.54, 1.807) is 48.5 Å². The molecule has 5 N–H and O–H groups in total. The number of para-hydroxylation sites is 2. The first-order valence-electron chi connectivity index (χ1n) is 13.7. The number of aliphatic hydroxyl groups excluding tert-OH is 1. The Morgan fingerprint density at radius 3 is 2.21 bits per heavy atom. The zero-order valence-corrected chi connectivity index (χ0v) is 23.0. The molecule has 1 aliphatic rings. The van der Waals surface area contributed by atoms with Gasteiger partial charge in [0.2, 0.25) is 6.29 Å². The van der Waals surface area contributed by atoms with E-state index in [2.05, 4.69) is 10.6 Å². The second kappa shape index (κ2) is 13.6. The Hall–Kier alpha value is -4.92. The van der Waals surface area contributed by atoms with Crippen molar-refractivity contribution in [1.29, 1.82) is 0 Å². The molecule has 0 saturated carbocycles. The van der Waals surface area contributed by atoms with Crippen molar-refractivity contribution in [2.45, 2.75) is 38.4 Å². The highest BCUT2D eigenvalue weighted by Gasteiger charge is 2.28. The van der Waals surface area contributed by atoms with Gasteiger partial charge in [-0.2, -0.15) is 0 Å². The van der Waals surface area contributed by atoms with Crippen LogP contribution in [0.15, 0.2) is 115 Å². The Morgan fingerprint density at radius 2 is 1.50 bits per heavy atom. The summed E-state index contributed by atoms with van der Waals surface area (Å²) in [6, 6.07) is 31.5. The van der Waals surface area contributed by atoms with Crippen LogP contribution >= 0.6 is 0 Å². The third-order valence-electron chi connectivity index (χ3n) is 7.03. The van der Waals surface area contributed by atoms with Crippen molar-refractivity contribution >= 4 is 23.2 Å². The number of anilines is 2. The van der Waals surface area contributed by atoms with Gasteiger partial charge in [-0.3, -0.25) is 9.59 Å². The highest BCUT2D eigenvalue weighted by molar-refractivity contribution is 6.05. The summed E-state index contributed by atoms with van der Waals surface area (Å²) in [7, 11) is 0. The number of carbonyl (C=O) groups is 2. The van der Waals surface area contributed by atoms with E-state index in [1.165, 1.54) is 0 Å². The van der Waals surface area contributed by atoms with Crippen LogP contribution in [-0.4, -0.2) is 23.2 Å². The van der Waals surface area contributed by atoms with Crippen molar-refractivity contribution in [1.82, 2.24) is 5.32 Å². The van der Waals surface area contributed by atoms with E-state index in [0.29, 0.717) is 30.0 Å². The molecule has 4 aromatic rings. The SMILES string of the molecule is Nc1ccccc1NC(=O)c1ccc(CNC(=O)C2=C[C@H](c3ccccc3)C[C@H](OCc3ccc(CO)cc3)O2)cc1. The predicted octanol–water partition coefficient (Wildman–Crippen LogP) is 5.26. The number of allylic oxidation sites excluding steroid dienone is 1. The summed E-state index contributed by atoms with van der Waals surface area (Å²) in [5, 5.41) is 15.0. The molecule has 0 bridgehead atoms. The highest BCUT2D eigenvalue weighted by atomic mass is 16.7. The largest absolute Gasteiger partial charge is 0.459 e. The molecule has 0 saturated heterocycles. The Bertz CT molecular complexity index is 1540. The number of ether oxygens (including phenoxy) is 2. The van der Waals surface area contributed by atoms with E-state index >= 15 is 0 Å². The molecule has 2 amide bonds. The molecule has 0 unspecified atom stereocenters. The molecule has 5 rings (SSSR count). The van der Waals surface area contributed by atoms with Gasteiger partial charge in [0.15, 0.2) is 5.76 Å². The molecule has 4 aromatic carbocycles. The molecule has 0 aliphatic carbocycles. The minimum atomic E-state index is -0.616. The van der Waals surface area contributed by atoms with Crippen molar-refractivity contribution in [3.05, 3.63) is 143 Å². The quantitative estimate of drug-likeness (QED) is 0.195. The fourth-order valence-corrected chi connectivity index (χ4v) is 4.63. The molecule has 0 fully saturated rings. The number of amides is 2. The fourth-order valence-electron chi connectivity index (χ4n) is 4.63. The average molecular weight is 564 g/mol. The van der Waals surface area contributed by atoms with E-state index in [1.807, 2.05) is 60.7 Å². The van der Waals surface area contributed by atoms with Crippen molar-refractivity contribution < 1.29 is 24.2 Å². The molecule has 1 heterocycles. The van der Waals surface area contributed by atoms with Crippen molar-refractivity contribution in [2.24, 2.45) is 0 Å². The molecule has 0 spiro atoms. The first-order valence-corrected chi connectivity index (χ1v) is 13.7. The van der Waals surface area contributed by atoms with Crippen LogP contribution in [-0.2, 0) is 34.0 Å². The van der Waals surface area contributed by atoms with Gasteiger partial charge in [-0.25, -0.2) is 0 Å². The van der Waals surface area contributed by atoms with Crippen molar-refractivity contribution in [2.75, 3.05) is 11.1 Å². The maximum atomic E-state index is 13.2. The molecular formula is C34H33N3O5.